The molecule has 0 aliphatic carbocycles. The van der Waals surface area contributed by atoms with Gasteiger partial charge in [-0.1, -0.05) is 0 Å². The highest BCUT2D eigenvalue weighted by Gasteiger charge is 2.12. The molecule has 0 aromatic heterocycles. The molecule has 0 aromatic rings. The van der Waals surface area contributed by atoms with Crippen LogP contribution in [0.1, 0.15) is 0 Å². The van der Waals surface area contributed by atoms with Gasteiger partial charge >= 0.3 is 7.60 Å². The number of hydrogen-bond acceptors (Lipinski definition) is 3. The first-order valence-electron chi connectivity index (χ1n) is 1.76. The first-order chi connectivity index (χ1) is 3.56. The normalized spacial score (nSPS) is 11.9. The van der Waals surface area contributed by atoms with Gasteiger partial charge in [-0.2, -0.15) is 0 Å². The van der Waals surface area contributed by atoms with Gasteiger partial charge in [0.15, 0.2) is 6.35 Å². The van der Waals surface area contributed by atoms with E-state index in [9.17, 15) is 4.57 Å². The zero-order chi connectivity index (χ0) is 6.62. The minimum atomic E-state index is -4.03. The molecule has 50 valence electrons. The summed E-state index contributed by atoms with van der Waals surface area (Å²) in [4.78, 5) is 24.0. The van der Waals surface area contributed by atoms with Crippen molar-refractivity contribution in [1.29, 1.82) is 0 Å². The molecule has 0 heterocycles. The van der Waals surface area contributed by atoms with E-state index in [0.717, 1.165) is 0 Å². The third kappa shape index (κ3) is 6.07. The Labute approximate surface area is 46.3 Å². The van der Waals surface area contributed by atoms with Gasteiger partial charge in [0, 0.05) is 0 Å². The van der Waals surface area contributed by atoms with Crippen molar-refractivity contribution in [2.45, 2.75) is 0 Å². The van der Waals surface area contributed by atoms with E-state index in [-0.39, 0.29) is 0 Å². The standard InChI is InChI=1S/C2H7O5P/c1-6-7-2-8(3,4)5/h2H2,1H3,(H2,3,4,5). The van der Waals surface area contributed by atoms with Crippen LogP contribution in [0.3, 0.4) is 0 Å². The minimum Gasteiger partial charge on any atom is -0.323 e. The van der Waals surface area contributed by atoms with Crippen LogP contribution in [-0.4, -0.2) is 23.2 Å². The maximum atomic E-state index is 9.88. The summed E-state index contributed by atoms with van der Waals surface area (Å²) in [6.07, 6.45) is -0.691. The van der Waals surface area contributed by atoms with Crippen LogP contribution in [-0.2, 0) is 14.3 Å². The van der Waals surface area contributed by atoms with Crippen LogP contribution in [0, 0.1) is 0 Å². The lowest BCUT2D eigenvalue weighted by Gasteiger charge is -1.99. The third-order valence-electron chi connectivity index (χ3n) is 0.339. The van der Waals surface area contributed by atoms with E-state index in [2.05, 4.69) is 9.78 Å². The Balaban J connectivity index is 3.26. The summed E-state index contributed by atoms with van der Waals surface area (Å²) in [7, 11) is -2.85. The smallest absolute Gasteiger partial charge is 0.323 e. The molecule has 0 unspecified atom stereocenters. The topological polar surface area (TPSA) is 76.0 Å². The average molecular weight is 142 g/mol. The minimum absolute atomic E-state index is 0.691. The van der Waals surface area contributed by atoms with Crippen molar-refractivity contribution in [3.05, 3.63) is 0 Å². The molecule has 0 saturated heterocycles. The summed E-state index contributed by atoms with van der Waals surface area (Å²) in [6, 6.07) is 0. The molecule has 0 amide bonds. The average Bonchev–Trinajstić information content (AvgIpc) is 1.59. The van der Waals surface area contributed by atoms with Crippen LogP contribution in [0.15, 0.2) is 0 Å². The highest BCUT2D eigenvalue weighted by atomic mass is 31.2. The fraction of sp³-hybridized carbons (Fsp3) is 1.00. The lowest BCUT2D eigenvalue weighted by molar-refractivity contribution is -0.259. The molecule has 0 bridgehead atoms. The first-order valence-corrected chi connectivity index (χ1v) is 3.56. The van der Waals surface area contributed by atoms with Crippen LogP contribution < -0.4 is 0 Å². The molecule has 0 radical (unpaired) electrons. The van der Waals surface area contributed by atoms with Gasteiger partial charge in [-0.25, -0.2) is 9.78 Å². The van der Waals surface area contributed by atoms with E-state index in [1.807, 2.05) is 0 Å². The molecular weight excluding hydrogens is 135 g/mol. The summed E-state index contributed by atoms with van der Waals surface area (Å²) in [6.45, 7) is 0. The van der Waals surface area contributed by atoms with Crippen LogP contribution in [0.25, 0.3) is 0 Å². The molecule has 0 aliphatic heterocycles. The van der Waals surface area contributed by atoms with Crippen molar-refractivity contribution in [2.75, 3.05) is 13.5 Å². The largest absolute Gasteiger partial charge is 0.354 e. The van der Waals surface area contributed by atoms with Gasteiger partial charge in [0.1, 0.15) is 0 Å². The van der Waals surface area contributed by atoms with Crippen LogP contribution in [0.5, 0.6) is 0 Å². The van der Waals surface area contributed by atoms with Gasteiger partial charge < -0.3 is 9.79 Å². The molecule has 5 nitrogen and oxygen atoms in total. The Hall–Kier alpha value is 0.0700. The predicted octanol–water partition coefficient (Wildman–Crippen LogP) is -0.300. The Morgan fingerprint density at radius 2 is 2.12 bits per heavy atom. The Morgan fingerprint density at radius 1 is 1.62 bits per heavy atom. The van der Waals surface area contributed by atoms with Crippen molar-refractivity contribution in [1.82, 2.24) is 0 Å². The van der Waals surface area contributed by atoms with E-state index in [1.165, 1.54) is 7.11 Å². The molecule has 8 heavy (non-hydrogen) atoms. The molecule has 0 fully saturated rings. The maximum Gasteiger partial charge on any atom is 0.354 e. The lowest BCUT2D eigenvalue weighted by atomic mass is 11.7. The fourth-order valence-corrected chi connectivity index (χ4v) is 0.364. The van der Waals surface area contributed by atoms with Crippen molar-refractivity contribution >= 4 is 7.60 Å². The van der Waals surface area contributed by atoms with E-state index < -0.39 is 13.9 Å². The molecule has 6 heteroatoms. The molecule has 2 N–H and O–H groups in total. The van der Waals surface area contributed by atoms with Gasteiger partial charge in [0.05, 0.1) is 7.11 Å². The summed E-state index contributed by atoms with van der Waals surface area (Å²) < 4.78 is 9.88. The molecule has 0 spiro atoms. The molecular formula is C2H7O5P. The van der Waals surface area contributed by atoms with Gasteiger partial charge in [-0.05, 0) is 0 Å². The maximum absolute atomic E-state index is 9.88. The lowest BCUT2D eigenvalue weighted by Crippen LogP contribution is -1.92. The second-order valence-electron chi connectivity index (χ2n) is 1.08. The van der Waals surface area contributed by atoms with Gasteiger partial charge in [0.2, 0.25) is 0 Å². The third-order valence-corrected chi connectivity index (χ3v) is 0.780. The highest BCUT2D eigenvalue weighted by Crippen LogP contribution is 2.33. The van der Waals surface area contributed by atoms with Crippen molar-refractivity contribution in [2.24, 2.45) is 0 Å². The number of hydrogen-bond donors (Lipinski definition) is 2. The number of rotatable bonds is 3. The van der Waals surface area contributed by atoms with Crippen molar-refractivity contribution in [3.63, 3.8) is 0 Å². The zero-order valence-corrected chi connectivity index (χ0v) is 5.17. The summed E-state index contributed by atoms with van der Waals surface area (Å²) >= 11 is 0. The Kier molecular flexibility index (Phi) is 3.19. The second kappa shape index (κ2) is 3.17. The van der Waals surface area contributed by atoms with Crippen molar-refractivity contribution < 1.29 is 24.1 Å². The van der Waals surface area contributed by atoms with E-state index in [1.54, 1.807) is 0 Å². The summed E-state index contributed by atoms with van der Waals surface area (Å²) in [5.74, 6) is 0. The fourth-order valence-electron chi connectivity index (χ4n) is 0.121. The summed E-state index contributed by atoms with van der Waals surface area (Å²) in [5, 5.41) is 0. The predicted molar refractivity (Wildman–Crippen MR) is 25.0 cm³/mol. The quantitative estimate of drug-likeness (QED) is 0.321. The summed E-state index contributed by atoms with van der Waals surface area (Å²) in [5.41, 5.74) is 0. The Bertz CT molecular complexity index is 94.6. The zero-order valence-electron chi connectivity index (χ0n) is 4.27. The van der Waals surface area contributed by atoms with Gasteiger partial charge in [-0.15, -0.1) is 0 Å². The van der Waals surface area contributed by atoms with Gasteiger partial charge in [-0.3, -0.25) is 4.57 Å². The highest BCUT2D eigenvalue weighted by molar-refractivity contribution is 7.51. The van der Waals surface area contributed by atoms with Gasteiger partial charge in [0.25, 0.3) is 0 Å². The van der Waals surface area contributed by atoms with E-state index in [4.69, 9.17) is 9.79 Å². The van der Waals surface area contributed by atoms with Crippen LogP contribution >= 0.6 is 7.60 Å². The first kappa shape index (κ1) is 8.07. The second-order valence-corrected chi connectivity index (χ2v) is 2.67. The van der Waals surface area contributed by atoms with E-state index in [0.29, 0.717) is 0 Å². The molecule has 0 saturated carbocycles. The van der Waals surface area contributed by atoms with Crippen LogP contribution in [0.2, 0.25) is 0 Å². The monoisotopic (exact) mass is 142 g/mol. The molecule has 0 atom stereocenters. The molecule has 0 aromatic carbocycles. The van der Waals surface area contributed by atoms with Crippen molar-refractivity contribution in [3.8, 4) is 0 Å². The van der Waals surface area contributed by atoms with E-state index >= 15 is 0 Å². The molecule has 0 aliphatic rings. The SMILES string of the molecule is COOCP(=O)(O)O. The molecule has 0 rings (SSSR count). The van der Waals surface area contributed by atoms with Crippen LogP contribution in [0.4, 0.5) is 0 Å². The Morgan fingerprint density at radius 3 is 2.25 bits per heavy atom.